The minimum atomic E-state index is -0.933. The molecule has 24 heavy (non-hydrogen) atoms. The van der Waals surface area contributed by atoms with Gasteiger partial charge in [0.05, 0.1) is 0 Å². The Labute approximate surface area is 145 Å². The third kappa shape index (κ3) is 12.8. The molecule has 1 aromatic carbocycles. The standard InChI is InChI=1S/C12H16O.C6H14N2O2.H3N/c1-2-3-4-5-11-6-8-12(10-13)9-7-11;7-4-2-1-3-5(8)6(9)10;/h6-10H,2-5H2,1H3;5H,1-4,7-8H2,(H,9,10);1H3/t;5-;/m.0./s1. The fraction of sp³-hybridized carbons (Fsp3) is 0.556. The lowest BCUT2D eigenvalue weighted by Gasteiger charge is -2.03. The van der Waals surface area contributed by atoms with Gasteiger partial charge in [0, 0.05) is 5.56 Å². The Balaban J connectivity index is 0. The van der Waals surface area contributed by atoms with Crippen LogP contribution in [0.5, 0.6) is 0 Å². The number of unbranched alkanes of at least 4 members (excludes halogenated alkanes) is 3. The van der Waals surface area contributed by atoms with Gasteiger partial charge in [-0.15, -0.1) is 0 Å². The second-order valence-electron chi connectivity index (χ2n) is 5.55. The average Bonchev–Trinajstić information content (AvgIpc) is 2.56. The molecule has 0 aliphatic heterocycles. The zero-order valence-electron chi connectivity index (χ0n) is 14.7. The molecule has 0 fully saturated rings. The van der Waals surface area contributed by atoms with Gasteiger partial charge in [0.25, 0.3) is 0 Å². The molecular formula is C18H33N3O3. The van der Waals surface area contributed by atoms with Crippen molar-refractivity contribution in [2.24, 2.45) is 11.5 Å². The molecule has 1 aromatic rings. The van der Waals surface area contributed by atoms with Crippen LogP contribution in [-0.2, 0) is 11.2 Å². The summed E-state index contributed by atoms with van der Waals surface area (Å²) in [6, 6.07) is 7.13. The second kappa shape index (κ2) is 16.1. The van der Waals surface area contributed by atoms with Crippen LogP contribution >= 0.6 is 0 Å². The zero-order chi connectivity index (χ0) is 17.5. The largest absolute Gasteiger partial charge is 0.480 e. The van der Waals surface area contributed by atoms with Crippen LogP contribution in [0.1, 0.15) is 61.4 Å². The monoisotopic (exact) mass is 339 g/mol. The molecule has 0 spiro atoms. The number of aldehydes is 1. The predicted octanol–water partition coefficient (Wildman–Crippen LogP) is 2.92. The number of carbonyl (C=O) groups excluding carboxylic acids is 1. The molecule has 0 unspecified atom stereocenters. The number of hydrogen-bond acceptors (Lipinski definition) is 5. The van der Waals surface area contributed by atoms with E-state index in [1.165, 1.54) is 24.8 Å². The molecule has 0 amide bonds. The van der Waals surface area contributed by atoms with E-state index in [0.29, 0.717) is 13.0 Å². The molecule has 0 saturated heterocycles. The first kappa shape index (κ1) is 24.5. The minimum absolute atomic E-state index is 0. The lowest BCUT2D eigenvalue weighted by molar-refractivity contribution is -0.138. The van der Waals surface area contributed by atoms with Crippen molar-refractivity contribution in [3.05, 3.63) is 35.4 Å². The number of aryl methyl sites for hydroxylation is 1. The average molecular weight is 339 g/mol. The summed E-state index contributed by atoms with van der Waals surface area (Å²) in [5.41, 5.74) is 12.5. The topological polar surface area (TPSA) is 141 Å². The smallest absolute Gasteiger partial charge is 0.320 e. The molecule has 0 bridgehead atoms. The zero-order valence-corrected chi connectivity index (χ0v) is 14.7. The minimum Gasteiger partial charge on any atom is -0.480 e. The van der Waals surface area contributed by atoms with Gasteiger partial charge < -0.3 is 22.7 Å². The van der Waals surface area contributed by atoms with E-state index in [9.17, 15) is 9.59 Å². The van der Waals surface area contributed by atoms with E-state index in [1.807, 2.05) is 24.3 Å². The van der Waals surface area contributed by atoms with E-state index in [2.05, 4.69) is 6.92 Å². The number of nitrogens with two attached hydrogens (primary N) is 2. The SMILES string of the molecule is CCCCCc1ccc(C=O)cc1.N.NCCCC[C@H](N)C(=O)O. The van der Waals surface area contributed by atoms with Gasteiger partial charge in [-0.1, -0.05) is 50.5 Å². The van der Waals surface area contributed by atoms with Crippen molar-refractivity contribution in [2.75, 3.05) is 6.54 Å². The highest BCUT2D eigenvalue weighted by molar-refractivity contribution is 5.74. The quantitative estimate of drug-likeness (QED) is 0.381. The summed E-state index contributed by atoms with van der Waals surface area (Å²) < 4.78 is 0. The van der Waals surface area contributed by atoms with Crippen LogP contribution < -0.4 is 17.6 Å². The lowest BCUT2D eigenvalue weighted by atomic mass is 10.1. The fourth-order valence-electron chi connectivity index (χ4n) is 1.97. The molecule has 0 aliphatic rings. The number of benzene rings is 1. The van der Waals surface area contributed by atoms with Crippen molar-refractivity contribution in [3.8, 4) is 0 Å². The predicted molar refractivity (Wildman–Crippen MR) is 98.6 cm³/mol. The van der Waals surface area contributed by atoms with E-state index < -0.39 is 12.0 Å². The second-order valence-corrected chi connectivity index (χ2v) is 5.55. The number of carboxylic acids is 1. The van der Waals surface area contributed by atoms with E-state index in [-0.39, 0.29) is 6.15 Å². The van der Waals surface area contributed by atoms with Crippen molar-refractivity contribution >= 4 is 12.3 Å². The van der Waals surface area contributed by atoms with Gasteiger partial charge >= 0.3 is 5.97 Å². The summed E-state index contributed by atoms with van der Waals surface area (Å²) in [5, 5.41) is 8.33. The first-order chi connectivity index (χ1) is 11.0. The first-order valence-electron chi connectivity index (χ1n) is 8.27. The van der Waals surface area contributed by atoms with Crippen molar-refractivity contribution in [1.29, 1.82) is 0 Å². The van der Waals surface area contributed by atoms with Crippen molar-refractivity contribution < 1.29 is 14.7 Å². The van der Waals surface area contributed by atoms with Crippen LogP contribution in [-0.4, -0.2) is 29.9 Å². The number of rotatable bonds is 10. The van der Waals surface area contributed by atoms with E-state index in [1.54, 1.807) is 0 Å². The van der Waals surface area contributed by atoms with Gasteiger partial charge in [0.2, 0.25) is 0 Å². The number of carboxylic acid groups (broad SMARTS) is 1. The Hall–Kier alpha value is -1.76. The third-order valence-corrected chi connectivity index (χ3v) is 3.47. The maximum Gasteiger partial charge on any atom is 0.320 e. The highest BCUT2D eigenvalue weighted by Crippen LogP contribution is 2.07. The Bertz CT molecular complexity index is 436. The molecule has 1 rings (SSSR count). The van der Waals surface area contributed by atoms with Gasteiger partial charge in [0.1, 0.15) is 12.3 Å². The number of carbonyl (C=O) groups is 2. The van der Waals surface area contributed by atoms with Crippen LogP contribution in [0, 0.1) is 0 Å². The summed E-state index contributed by atoms with van der Waals surface area (Å²) in [5.74, 6) is -0.933. The van der Waals surface area contributed by atoms with Gasteiger partial charge in [-0.3, -0.25) is 9.59 Å². The number of hydrogen-bond donors (Lipinski definition) is 4. The molecule has 1 atom stereocenters. The Morgan fingerprint density at radius 1 is 1.17 bits per heavy atom. The molecule has 0 saturated carbocycles. The van der Waals surface area contributed by atoms with Crippen LogP contribution in [0.2, 0.25) is 0 Å². The summed E-state index contributed by atoms with van der Waals surface area (Å²) >= 11 is 0. The molecule has 0 radical (unpaired) electrons. The van der Waals surface area contributed by atoms with Crippen LogP contribution in [0.3, 0.4) is 0 Å². The molecule has 0 aliphatic carbocycles. The molecule has 0 heterocycles. The molecular weight excluding hydrogens is 306 g/mol. The summed E-state index contributed by atoms with van der Waals surface area (Å²) in [6.07, 6.45) is 7.97. The van der Waals surface area contributed by atoms with Crippen LogP contribution in [0.25, 0.3) is 0 Å². The lowest BCUT2D eigenvalue weighted by Crippen LogP contribution is -2.29. The van der Waals surface area contributed by atoms with Gasteiger partial charge in [-0.25, -0.2) is 0 Å². The fourth-order valence-corrected chi connectivity index (χ4v) is 1.97. The van der Waals surface area contributed by atoms with E-state index >= 15 is 0 Å². The first-order valence-corrected chi connectivity index (χ1v) is 8.27. The van der Waals surface area contributed by atoms with E-state index in [0.717, 1.165) is 31.1 Å². The van der Waals surface area contributed by atoms with E-state index in [4.69, 9.17) is 16.6 Å². The maximum absolute atomic E-state index is 10.4. The van der Waals surface area contributed by atoms with Crippen LogP contribution in [0.15, 0.2) is 24.3 Å². The highest BCUT2D eigenvalue weighted by Gasteiger charge is 2.09. The summed E-state index contributed by atoms with van der Waals surface area (Å²) in [6.45, 7) is 2.81. The molecule has 138 valence electrons. The number of aliphatic carboxylic acids is 1. The highest BCUT2D eigenvalue weighted by atomic mass is 16.4. The molecule has 0 aromatic heterocycles. The van der Waals surface area contributed by atoms with Gasteiger partial charge in [0.15, 0.2) is 0 Å². The van der Waals surface area contributed by atoms with Crippen molar-refractivity contribution in [3.63, 3.8) is 0 Å². The molecule has 6 nitrogen and oxygen atoms in total. The molecule has 6 heteroatoms. The third-order valence-electron chi connectivity index (χ3n) is 3.47. The van der Waals surface area contributed by atoms with Gasteiger partial charge in [-0.2, -0.15) is 0 Å². The Morgan fingerprint density at radius 2 is 1.79 bits per heavy atom. The van der Waals surface area contributed by atoms with Crippen molar-refractivity contribution in [1.82, 2.24) is 6.15 Å². The normalized spacial score (nSPS) is 10.8. The maximum atomic E-state index is 10.4. The van der Waals surface area contributed by atoms with Crippen LogP contribution in [0.4, 0.5) is 0 Å². The molecule has 8 N–H and O–H groups in total. The van der Waals surface area contributed by atoms with Crippen molar-refractivity contribution in [2.45, 2.75) is 57.9 Å². The summed E-state index contributed by atoms with van der Waals surface area (Å²) in [7, 11) is 0. The Kier molecular flexibility index (Phi) is 16.4. The van der Waals surface area contributed by atoms with Gasteiger partial charge in [-0.05, 0) is 37.8 Å². The summed E-state index contributed by atoms with van der Waals surface area (Å²) in [4.78, 5) is 20.5. The Morgan fingerprint density at radius 3 is 2.25 bits per heavy atom.